The number of allylic oxidation sites excluding steroid dienone is 9. The Morgan fingerprint density at radius 1 is 0.400 bits per heavy atom. The Kier molecular flexibility index (Phi) is 26.5. The van der Waals surface area contributed by atoms with Crippen molar-refractivity contribution in [2.45, 2.75) is 129 Å². The van der Waals surface area contributed by atoms with Crippen molar-refractivity contribution in [1.29, 1.82) is 0 Å². The first-order valence-electron chi connectivity index (χ1n) is 13.1. The third-order valence-electron chi connectivity index (χ3n) is 5.64. The van der Waals surface area contributed by atoms with Crippen LogP contribution in [0.4, 0.5) is 0 Å². The average Bonchev–Trinajstić information content (AvgIpc) is 2.76. The summed E-state index contributed by atoms with van der Waals surface area (Å²) in [5, 5.41) is 0. The molecule has 0 aliphatic carbocycles. The van der Waals surface area contributed by atoms with Crippen molar-refractivity contribution in [1.82, 2.24) is 0 Å². The lowest BCUT2D eigenvalue weighted by Gasteiger charge is -2.03. The molecule has 0 spiro atoms. The Bertz CT molecular complexity index is 435. The van der Waals surface area contributed by atoms with Crippen molar-refractivity contribution in [3.63, 3.8) is 0 Å². The van der Waals surface area contributed by atoms with Crippen molar-refractivity contribution in [3.05, 3.63) is 61.3 Å². The number of rotatable bonds is 23. The number of hydrogen-bond donors (Lipinski definition) is 0. The second-order valence-electron chi connectivity index (χ2n) is 8.57. The third kappa shape index (κ3) is 26.7. The summed E-state index contributed by atoms with van der Waals surface area (Å²) in [6.45, 7) is 7.55. The second-order valence-corrected chi connectivity index (χ2v) is 8.57. The molecule has 0 bridgehead atoms. The summed E-state index contributed by atoms with van der Waals surface area (Å²) in [5.74, 6) is 0. The Hall–Kier alpha value is -1.30. The van der Waals surface area contributed by atoms with E-state index in [9.17, 15) is 0 Å². The minimum absolute atomic E-state index is 1.20. The molecule has 0 heterocycles. The highest BCUT2D eigenvalue weighted by Gasteiger charge is 1.94. The third-order valence-corrected chi connectivity index (χ3v) is 5.64. The predicted octanol–water partition coefficient (Wildman–Crippen LogP) is 10.6. The van der Waals surface area contributed by atoms with Gasteiger partial charge in [-0.05, 0) is 12.8 Å². The van der Waals surface area contributed by atoms with Crippen LogP contribution in [0.3, 0.4) is 0 Å². The van der Waals surface area contributed by atoms with E-state index >= 15 is 0 Å². The molecule has 0 N–H and O–H groups in total. The minimum Gasteiger partial charge on any atom is -0.0845 e. The maximum atomic E-state index is 5.25. The molecule has 1 radical (unpaired) electrons. The molecule has 0 aromatic rings. The van der Waals surface area contributed by atoms with Gasteiger partial charge in [0.25, 0.3) is 0 Å². The van der Waals surface area contributed by atoms with E-state index in [1.807, 2.05) is 30.4 Å². The molecule has 0 nitrogen and oxygen atoms in total. The van der Waals surface area contributed by atoms with Gasteiger partial charge in [-0.25, -0.2) is 0 Å². The largest absolute Gasteiger partial charge is 0.0845 e. The topological polar surface area (TPSA) is 0 Å². The first-order chi connectivity index (χ1) is 14.9. The van der Waals surface area contributed by atoms with Gasteiger partial charge in [-0.3, -0.25) is 0 Å². The minimum atomic E-state index is 1.20. The van der Waals surface area contributed by atoms with E-state index in [0.717, 1.165) is 0 Å². The van der Waals surface area contributed by atoms with Gasteiger partial charge in [0.15, 0.2) is 0 Å². The molecule has 0 saturated carbocycles. The molecule has 0 aliphatic heterocycles. The van der Waals surface area contributed by atoms with Gasteiger partial charge in [0.1, 0.15) is 0 Å². The van der Waals surface area contributed by atoms with Crippen molar-refractivity contribution in [3.8, 4) is 0 Å². The molecular weight excluding hydrogens is 360 g/mol. The molecule has 0 saturated heterocycles. The number of hydrogen-bond acceptors (Lipinski definition) is 0. The van der Waals surface area contributed by atoms with Gasteiger partial charge in [-0.1, -0.05) is 177 Å². The maximum Gasteiger partial charge on any atom is -0.0348 e. The van der Waals surface area contributed by atoms with Crippen LogP contribution in [0.5, 0.6) is 0 Å². The zero-order chi connectivity index (χ0) is 21.8. The van der Waals surface area contributed by atoms with Gasteiger partial charge in [0.2, 0.25) is 0 Å². The van der Waals surface area contributed by atoms with Crippen LogP contribution in [-0.2, 0) is 0 Å². The van der Waals surface area contributed by atoms with Gasteiger partial charge < -0.3 is 0 Å². The zero-order valence-electron chi connectivity index (χ0n) is 20.2. The van der Waals surface area contributed by atoms with Crippen LogP contribution in [0.25, 0.3) is 0 Å². The highest BCUT2D eigenvalue weighted by Crippen LogP contribution is 2.14. The molecule has 171 valence electrons. The van der Waals surface area contributed by atoms with Crippen molar-refractivity contribution < 1.29 is 0 Å². The quantitative estimate of drug-likeness (QED) is 0.116. The van der Waals surface area contributed by atoms with Crippen molar-refractivity contribution >= 4 is 0 Å². The summed E-state index contributed by atoms with van der Waals surface area (Å²) >= 11 is 0. The van der Waals surface area contributed by atoms with Crippen molar-refractivity contribution in [2.24, 2.45) is 0 Å². The van der Waals surface area contributed by atoms with Gasteiger partial charge in [0, 0.05) is 0 Å². The summed E-state index contributed by atoms with van der Waals surface area (Å²) in [6.07, 6.45) is 44.9. The summed E-state index contributed by atoms with van der Waals surface area (Å²) in [6, 6.07) is 0. The Morgan fingerprint density at radius 3 is 1.13 bits per heavy atom. The molecule has 0 amide bonds. The molecule has 0 aliphatic rings. The second kappa shape index (κ2) is 27.7. The summed E-state index contributed by atoms with van der Waals surface area (Å²) < 4.78 is 0. The van der Waals surface area contributed by atoms with Gasteiger partial charge in [-0.2, -0.15) is 0 Å². The molecule has 0 aromatic heterocycles. The predicted molar refractivity (Wildman–Crippen MR) is 139 cm³/mol. The summed E-state index contributed by atoms with van der Waals surface area (Å²) in [7, 11) is 0. The Balaban J connectivity index is 3.16. The van der Waals surface area contributed by atoms with Crippen molar-refractivity contribution in [2.75, 3.05) is 0 Å². The standard InChI is InChI=1S/C30H51/c1-3-5-7-9-11-13-15-17-19-21-23-25-27-29-30-28-26-24-22-20-18-16-14-12-10-8-6-4-2/h1,3,5,7,9,11,13,15,17,19H,4,6,8,10,12,14,16,18,20-30H2,2H3/b3-1?,7-5+,11-9+,15-13+,19-17+. The van der Waals surface area contributed by atoms with E-state index in [2.05, 4.69) is 25.2 Å². The number of unbranched alkanes of at least 4 members (excludes halogenated alkanes) is 18. The first-order valence-corrected chi connectivity index (χ1v) is 13.1. The highest BCUT2D eigenvalue weighted by molar-refractivity contribution is 5.16. The SMILES string of the molecule is [CH]=C/C=C/C=C/C=C/C=C/CCCCCCCCCCCCCCCCCCCC. The average molecular weight is 412 g/mol. The fourth-order valence-electron chi connectivity index (χ4n) is 3.72. The molecular formula is C30H51. The van der Waals surface area contributed by atoms with E-state index in [0.29, 0.717) is 0 Å². The molecule has 0 unspecified atom stereocenters. The van der Waals surface area contributed by atoms with Crippen LogP contribution in [0, 0.1) is 6.58 Å². The maximum absolute atomic E-state index is 5.25. The molecule has 30 heavy (non-hydrogen) atoms. The Morgan fingerprint density at radius 2 is 0.733 bits per heavy atom. The van der Waals surface area contributed by atoms with Crippen LogP contribution in [0.1, 0.15) is 129 Å². The zero-order valence-corrected chi connectivity index (χ0v) is 20.2. The lowest BCUT2D eigenvalue weighted by atomic mass is 10.0. The van der Waals surface area contributed by atoms with E-state index in [4.69, 9.17) is 6.58 Å². The molecule has 0 atom stereocenters. The van der Waals surface area contributed by atoms with Crippen LogP contribution in [0.15, 0.2) is 54.7 Å². The highest BCUT2D eigenvalue weighted by atomic mass is 14.0. The molecule has 0 fully saturated rings. The van der Waals surface area contributed by atoms with Crippen LogP contribution in [0.2, 0.25) is 0 Å². The molecule has 0 aromatic carbocycles. The van der Waals surface area contributed by atoms with E-state index < -0.39 is 0 Å². The van der Waals surface area contributed by atoms with Crippen LogP contribution in [-0.4, -0.2) is 0 Å². The normalized spacial score (nSPS) is 12.3. The first kappa shape index (κ1) is 28.7. The van der Waals surface area contributed by atoms with Crippen LogP contribution < -0.4 is 0 Å². The van der Waals surface area contributed by atoms with E-state index in [-0.39, 0.29) is 0 Å². The molecule has 0 heteroatoms. The van der Waals surface area contributed by atoms with E-state index in [1.165, 1.54) is 128 Å². The lowest BCUT2D eigenvalue weighted by molar-refractivity contribution is 0.525. The van der Waals surface area contributed by atoms with Gasteiger partial charge in [-0.15, -0.1) is 0 Å². The summed E-state index contributed by atoms with van der Waals surface area (Å²) in [5.41, 5.74) is 0. The Labute approximate surface area is 190 Å². The van der Waals surface area contributed by atoms with E-state index in [1.54, 1.807) is 0 Å². The van der Waals surface area contributed by atoms with Crippen LogP contribution >= 0.6 is 0 Å². The summed E-state index contributed by atoms with van der Waals surface area (Å²) in [4.78, 5) is 0. The fourth-order valence-corrected chi connectivity index (χ4v) is 3.72. The molecule has 0 rings (SSSR count). The smallest absolute Gasteiger partial charge is 0.0348 e. The van der Waals surface area contributed by atoms with Gasteiger partial charge in [0.05, 0.1) is 0 Å². The monoisotopic (exact) mass is 411 g/mol. The fraction of sp³-hybridized carbons (Fsp3) is 0.667. The lowest BCUT2D eigenvalue weighted by Crippen LogP contribution is -1.84. The van der Waals surface area contributed by atoms with Gasteiger partial charge >= 0.3 is 0 Å².